The lowest BCUT2D eigenvalue weighted by Crippen LogP contribution is -2.36. The first-order valence-corrected chi connectivity index (χ1v) is 13.0. The van der Waals surface area contributed by atoms with Crippen molar-refractivity contribution in [3.05, 3.63) is 53.1 Å². The number of rotatable bonds is 7. The van der Waals surface area contributed by atoms with E-state index in [-0.39, 0.29) is 23.2 Å². The maximum absolute atomic E-state index is 13.4. The van der Waals surface area contributed by atoms with E-state index >= 15 is 0 Å². The number of sulfonamides is 1. The number of thiazole rings is 1. The number of hydrogen-bond acceptors (Lipinski definition) is 6. The third-order valence-corrected chi connectivity index (χ3v) is 8.67. The predicted octanol–water partition coefficient (Wildman–Crippen LogP) is 4.36. The van der Waals surface area contributed by atoms with Crippen LogP contribution in [0.15, 0.2) is 47.4 Å². The number of halogens is 2. The molecule has 0 saturated carbocycles. The number of amides is 1. The van der Waals surface area contributed by atoms with Gasteiger partial charge >= 0.3 is 0 Å². The highest BCUT2D eigenvalue weighted by Gasteiger charge is 2.28. The molecule has 7 nitrogen and oxygen atoms in total. The minimum absolute atomic E-state index is 0. The smallest absolute Gasteiger partial charge is 0.260 e. The molecule has 0 N–H and O–H groups in total. The van der Waals surface area contributed by atoms with Gasteiger partial charge in [0.2, 0.25) is 10.0 Å². The average Bonchev–Trinajstić information content (AvgIpc) is 3.45. The van der Waals surface area contributed by atoms with Crippen LogP contribution in [-0.4, -0.2) is 68.8 Å². The van der Waals surface area contributed by atoms with Gasteiger partial charge in [0.15, 0.2) is 5.13 Å². The standard InChI is InChI=1S/C22H25ClN4O3S2.ClH/c1-25(2)14-15-27(22-24-20-18(23)6-5-7-19(20)31-22)21(28)16-8-10-17(11-9-16)32(29,30)26-12-3-4-13-26;/h5-11H,3-4,12-15H2,1-2H3;1H. The molecule has 1 amide bonds. The number of carbonyl (C=O) groups is 1. The zero-order valence-electron chi connectivity index (χ0n) is 18.4. The van der Waals surface area contributed by atoms with E-state index in [4.69, 9.17) is 11.6 Å². The number of nitrogens with zero attached hydrogens (tertiary/aromatic N) is 4. The van der Waals surface area contributed by atoms with Gasteiger partial charge in [0, 0.05) is 31.7 Å². The summed E-state index contributed by atoms with van der Waals surface area (Å²) in [5.41, 5.74) is 1.08. The van der Waals surface area contributed by atoms with E-state index in [1.807, 2.05) is 31.1 Å². The van der Waals surface area contributed by atoms with Crippen LogP contribution < -0.4 is 4.90 Å². The Bertz CT molecular complexity index is 1220. The molecular weight excluding hydrogens is 503 g/mol. The fourth-order valence-corrected chi connectivity index (χ4v) is 6.41. The summed E-state index contributed by atoms with van der Waals surface area (Å²) in [6.45, 7) is 2.18. The molecule has 0 aliphatic carbocycles. The van der Waals surface area contributed by atoms with Gasteiger partial charge in [-0.15, -0.1) is 12.4 Å². The Kier molecular flexibility index (Phi) is 8.36. The van der Waals surface area contributed by atoms with Crippen molar-refractivity contribution < 1.29 is 13.2 Å². The molecule has 178 valence electrons. The molecule has 11 heteroatoms. The summed E-state index contributed by atoms with van der Waals surface area (Å²) in [7, 11) is 0.360. The second-order valence-corrected chi connectivity index (χ2v) is 11.3. The van der Waals surface area contributed by atoms with Crippen LogP contribution in [0.3, 0.4) is 0 Å². The van der Waals surface area contributed by atoms with Crippen molar-refractivity contribution in [2.24, 2.45) is 0 Å². The monoisotopic (exact) mass is 528 g/mol. The highest BCUT2D eigenvalue weighted by atomic mass is 35.5. The Morgan fingerprint density at radius 3 is 2.36 bits per heavy atom. The molecular formula is C22H26Cl2N4O3S2. The molecule has 1 aliphatic heterocycles. The SMILES string of the molecule is CN(C)CCN(C(=O)c1ccc(S(=O)(=O)N2CCCC2)cc1)c1nc2c(Cl)cccc2s1.Cl. The van der Waals surface area contributed by atoms with E-state index in [9.17, 15) is 13.2 Å². The van der Waals surface area contributed by atoms with Crippen molar-refractivity contribution in [2.75, 3.05) is 45.2 Å². The van der Waals surface area contributed by atoms with Gasteiger partial charge in [0.25, 0.3) is 5.91 Å². The van der Waals surface area contributed by atoms with Crippen molar-refractivity contribution in [2.45, 2.75) is 17.7 Å². The van der Waals surface area contributed by atoms with Crippen LogP contribution in [0.5, 0.6) is 0 Å². The van der Waals surface area contributed by atoms with Crippen molar-refractivity contribution in [3.63, 3.8) is 0 Å². The van der Waals surface area contributed by atoms with Gasteiger partial charge in [-0.1, -0.05) is 29.0 Å². The number of benzene rings is 2. The van der Waals surface area contributed by atoms with E-state index in [1.165, 1.54) is 27.8 Å². The van der Waals surface area contributed by atoms with Crippen LogP contribution in [0.2, 0.25) is 5.02 Å². The van der Waals surface area contributed by atoms with Crippen LogP contribution in [0, 0.1) is 0 Å². The Morgan fingerprint density at radius 2 is 1.76 bits per heavy atom. The minimum atomic E-state index is -3.52. The van der Waals surface area contributed by atoms with E-state index < -0.39 is 10.0 Å². The lowest BCUT2D eigenvalue weighted by molar-refractivity contribution is 0.0985. The summed E-state index contributed by atoms with van der Waals surface area (Å²) in [5.74, 6) is -0.229. The highest BCUT2D eigenvalue weighted by Crippen LogP contribution is 2.33. The number of hydrogen-bond donors (Lipinski definition) is 0. The first-order chi connectivity index (χ1) is 15.3. The molecule has 0 radical (unpaired) electrons. The van der Waals surface area contributed by atoms with Gasteiger partial charge in [-0.3, -0.25) is 9.69 Å². The van der Waals surface area contributed by atoms with Crippen molar-refractivity contribution in [1.29, 1.82) is 0 Å². The maximum atomic E-state index is 13.4. The Balaban J connectivity index is 0.00000306. The summed E-state index contributed by atoms with van der Waals surface area (Å²) in [6.07, 6.45) is 1.76. The van der Waals surface area contributed by atoms with Gasteiger partial charge in [-0.05, 0) is 63.3 Å². The summed E-state index contributed by atoms with van der Waals surface area (Å²) >= 11 is 7.69. The third kappa shape index (κ3) is 5.50. The minimum Gasteiger partial charge on any atom is -0.308 e. The summed E-state index contributed by atoms with van der Waals surface area (Å²) < 4.78 is 28.0. The first kappa shape index (κ1) is 25.9. The number of anilines is 1. The van der Waals surface area contributed by atoms with Gasteiger partial charge in [0.05, 0.1) is 14.6 Å². The van der Waals surface area contributed by atoms with Crippen molar-refractivity contribution in [3.8, 4) is 0 Å². The Labute approximate surface area is 209 Å². The fraction of sp³-hybridized carbons (Fsp3) is 0.364. The van der Waals surface area contributed by atoms with Gasteiger partial charge in [-0.2, -0.15) is 4.31 Å². The van der Waals surface area contributed by atoms with E-state index in [0.29, 0.717) is 47.4 Å². The summed E-state index contributed by atoms with van der Waals surface area (Å²) in [4.78, 5) is 21.9. The molecule has 2 heterocycles. The topological polar surface area (TPSA) is 73.8 Å². The molecule has 0 atom stereocenters. The number of para-hydroxylation sites is 1. The molecule has 1 aliphatic rings. The molecule has 1 saturated heterocycles. The third-order valence-electron chi connectivity index (χ3n) is 5.41. The molecule has 0 unspecified atom stereocenters. The maximum Gasteiger partial charge on any atom is 0.260 e. The van der Waals surface area contributed by atoms with E-state index in [1.54, 1.807) is 23.1 Å². The van der Waals surface area contributed by atoms with Crippen molar-refractivity contribution >= 4 is 66.6 Å². The largest absolute Gasteiger partial charge is 0.308 e. The van der Waals surface area contributed by atoms with Crippen molar-refractivity contribution in [1.82, 2.24) is 14.2 Å². The quantitative estimate of drug-likeness (QED) is 0.455. The first-order valence-electron chi connectivity index (χ1n) is 10.4. The van der Waals surface area contributed by atoms with Crippen LogP contribution in [-0.2, 0) is 10.0 Å². The Hall–Kier alpha value is -1.75. The van der Waals surface area contributed by atoms with Gasteiger partial charge in [-0.25, -0.2) is 13.4 Å². The highest BCUT2D eigenvalue weighted by molar-refractivity contribution is 7.89. The van der Waals surface area contributed by atoms with Crippen LogP contribution >= 0.6 is 35.3 Å². The number of fused-ring (bicyclic) bond motifs is 1. The summed E-state index contributed by atoms with van der Waals surface area (Å²) in [6, 6.07) is 11.7. The number of likely N-dealkylation sites (N-methyl/N-ethyl adjacent to an activating group) is 1. The second kappa shape index (κ2) is 10.7. The molecule has 1 aromatic heterocycles. The molecule has 0 spiro atoms. The Morgan fingerprint density at radius 1 is 1.09 bits per heavy atom. The van der Waals surface area contributed by atoms with Crippen LogP contribution in [0.4, 0.5) is 5.13 Å². The molecule has 33 heavy (non-hydrogen) atoms. The molecule has 0 bridgehead atoms. The summed E-state index contributed by atoms with van der Waals surface area (Å²) in [5, 5.41) is 1.11. The normalized spacial score (nSPS) is 14.5. The van der Waals surface area contributed by atoms with Crippen LogP contribution in [0.1, 0.15) is 23.2 Å². The molecule has 4 rings (SSSR count). The zero-order chi connectivity index (χ0) is 22.9. The lowest BCUT2D eigenvalue weighted by Gasteiger charge is -2.22. The fourth-order valence-electron chi connectivity index (χ4n) is 3.61. The molecule has 2 aromatic carbocycles. The molecule has 1 fully saturated rings. The zero-order valence-corrected chi connectivity index (χ0v) is 21.6. The lowest BCUT2D eigenvalue weighted by atomic mass is 10.2. The van der Waals surface area contributed by atoms with Gasteiger partial charge in [0.1, 0.15) is 5.52 Å². The van der Waals surface area contributed by atoms with E-state index in [2.05, 4.69) is 4.98 Å². The van der Waals surface area contributed by atoms with E-state index in [0.717, 1.165) is 17.5 Å². The second-order valence-electron chi connectivity index (χ2n) is 7.98. The number of carbonyl (C=O) groups excluding carboxylic acids is 1. The van der Waals surface area contributed by atoms with Gasteiger partial charge < -0.3 is 4.90 Å². The van der Waals surface area contributed by atoms with Crippen LogP contribution in [0.25, 0.3) is 10.2 Å². The predicted molar refractivity (Wildman–Crippen MR) is 137 cm³/mol. The average molecular weight is 530 g/mol. The number of aromatic nitrogens is 1. The molecule has 3 aromatic rings.